The highest BCUT2D eigenvalue weighted by Gasteiger charge is 2.24. The van der Waals surface area contributed by atoms with Crippen LogP contribution in [0.15, 0.2) is 34.9 Å². The Morgan fingerprint density at radius 3 is 2.84 bits per heavy atom. The molecule has 2 amide bonds. The number of amides is 2. The average Bonchev–Trinajstić information content (AvgIpc) is 3.27. The summed E-state index contributed by atoms with van der Waals surface area (Å²) in [5.74, 6) is 1.89. The first-order valence-corrected chi connectivity index (χ1v) is 8.52. The van der Waals surface area contributed by atoms with Crippen LogP contribution in [-0.4, -0.2) is 42.8 Å². The Morgan fingerprint density at radius 1 is 1.36 bits per heavy atom. The molecule has 7 heteroatoms. The van der Waals surface area contributed by atoms with Crippen LogP contribution >= 0.6 is 0 Å². The van der Waals surface area contributed by atoms with Crippen LogP contribution in [0.3, 0.4) is 0 Å². The molecule has 1 aromatic heterocycles. The van der Waals surface area contributed by atoms with E-state index < -0.39 is 0 Å². The molecule has 1 aromatic carbocycles. The van der Waals surface area contributed by atoms with Gasteiger partial charge in [-0.2, -0.15) is 0 Å². The van der Waals surface area contributed by atoms with Gasteiger partial charge in [0, 0.05) is 12.6 Å². The van der Waals surface area contributed by atoms with Crippen molar-refractivity contribution in [3.8, 4) is 5.75 Å². The van der Waals surface area contributed by atoms with E-state index >= 15 is 0 Å². The number of nitrogens with one attached hydrogen (secondary N) is 2. The molecule has 7 nitrogen and oxygen atoms in total. The summed E-state index contributed by atoms with van der Waals surface area (Å²) in [6, 6.07) is 9.52. The Bertz CT molecular complexity index is 710. The standard InChI is InChI=1S/C18H24N4O3/c1-13-10-17(21-25-13)20-18(23)19-12-16(22-8-3-4-9-22)14-6-5-7-15(11-14)24-2/h5-7,10-11,16H,3-4,8-9,12H2,1-2H3,(H2,19,20,21,23)/t16-/m0/s1. The summed E-state index contributed by atoms with van der Waals surface area (Å²) >= 11 is 0. The number of benzene rings is 1. The topological polar surface area (TPSA) is 79.6 Å². The zero-order valence-electron chi connectivity index (χ0n) is 14.6. The second-order valence-electron chi connectivity index (χ2n) is 6.19. The number of ether oxygens (including phenoxy) is 1. The number of carbonyl (C=O) groups is 1. The summed E-state index contributed by atoms with van der Waals surface area (Å²) in [5.41, 5.74) is 1.14. The van der Waals surface area contributed by atoms with E-state index in [4.69, 9.17) is 9.26 Å². The number of anilines is 1. The highest BCUT2D eigenvalue weighted by atomic mass is 16.5. The number of hydrogen-bond acceptors (Lipinski definition) is 5. The second-order valence-corrected chi connectivity index (χ2v) is 6.19. The molecule has 1 atom stereocenters. The molecule has 1 aliphatic rings. The van der Waals surface area contributed by atoms with Gasteiger partial charge in [-0.1, -0.05) is 17.3 Å². The second kappa shape index (κ2) is 8.02. The molecule has 0 spiro atoms. The molecule has 0 radical (unpaired) electrons. The van der Waals surface area contributed by atoms with Gasteiger partial charge < -0.3 is 14.6 Å². The minimum Gasteiger partial charge on any atom is -0.497 e. The molecule has 1 saturated heterocycles. The number of aryl methyl sites for hydroxylation is 1. The SMILES string of the molecule is COc1cccc([C@H](CNC(=O)Nc2cc(C)on2)N2CCCC2)c1. The molecule has 0 aliphatic carbocycles. The highest BCUT2D eigenvalue weighted by Crippen LogP contribution is 2.27. The number of rotatable bonds is 6. The van der Waals surface area contributed by atoms with E-state index in [1.807, 2.05) is 18.2 Å². The molecule has 2 N–H and O–H groups in total. The van der Waals surface area contributed by atoms with Crippen LogP contribution in [0.25, 0.3) is 0 Å². The molecule has 1 fully saturated rings. The monoisotopic (exact) mass is 344 g/mol. The fourth-order valence-corrected chi connectivity index (χ4v) is 3.14. The smallest absolute Gasteiger partial charge is 0.320 e. The summed E-state index contributed by atoms with van der Waals surface area (Å²) in [4.78, 5) is 14.5. The van der Waals surface area contributed by atoms with Gasteiger partial charge in [0.15, 0.2) is 5.82 Å². The summed E-state index contributed by atoms with van der Waals surface area (Å²) < 4.78 is 10.3. The van der Waals surface area contributed by atoms with Crippen molar-refractivity contribution in [3.05, 3.63) is 41.7 Å². The van der Waals surface area contributed by atoms with Crippen molar-refractivity contribution >= 4 is 11.8 Å². The molecule has 3 rings (SSSR count). The van der Waals surface area contributed by atoms with Gasteiger partial charge in [-0.25, -0.2) is 4.79 Å². The van der Waals surface area contributed by atoms with Gasteiger partial charge in [0.25, 0.3) is 0 Å². The lowest BCUT2D eigenvalue weighted by Crippen LogP contribution is -2.38. The number of hydrogen-bond donors (Lipinski definition) is 2. The first-order valence-electron chi connectivity index (χ1n) is 8.52. The largest absolute Gasteiger partial charge is 0.497 e. The molecular formula is C18H24N4O3. The molecule has 0 unspecified atom stereocenters. The third kappa shape index (κ3) is 4.51. The third-order valence-electron chi connectivity index (χ3n) is 4.39. The predicted octanol–water partition coefficient (Wildman–Crippen LogP) is 2.95. The van der Waals surface area contributed by atoms with Gasteiger partial charge in [-0.3, -0.25) is 10.2 Å². The van der Waals surface area contributed by atoms with Crippen LogP contribution in [0, 0.1) is 6.92 Å². The van der Waals surface area contributed by atoms with Crippen LogP contribution in [0.1, 0.15) is 30.2 Å². The Kier molecular flexibility index (Phi) is 5.55. The van der Waals surface area contributed by atoms with E-state index in [1.165, 1.54) is 12.8 Å². The lowest BCUT2D eigenvalue weighted by molar-refractivity contribution is 0.227. The maximum absolute atomic E-state index is 12.1. The fraction of sp³-hybridized carbons (Fsp3) is 0.444. The minimum absolute atomic E-state index is 0.113. The predicted molar refractivity (Wildman–Crippen MR) is 94.8 cm³/mol. The Balaban J connectivity index is 1.66. The highest BCUT2D eigenvalue weighted by molar-refractivity contribution is 5.88. The number of likely N-dealkylation sites (tertiary alicyclic amines) is 1. The molecule has 0 bridgehead atoms. The summed E-state index contributed by atoms with van der Waals surface area (Å²) in [6.45, 7) is 4.36. The van der Waals surface area contributed by atoms with Crippen LogP contribution in [0.2, 0.25) is 0 Å². The molecule has 2 aromatic rings. The van der Waals surface area contributed by atoms with Crippen molar-refractivity contribution in [1.29, 1.82) is 0 Å². The molecule has 0 saturated carbocycles. The van der Waals surface area contributed by atoms with Crippen molar-refractivity contribution in [2.24, 2.45) is 0 Å². The van der Waals surface area contributed by atoms with Gasteiger partial charge >= 0.3 is 6.03 Å². The molecule has 2 heterocycles. The Hall–Kier alpha value is -2.54. The van der Waals surface area contributed by atoms with Crippen molar-refractivity contribution < 1.29 is 14.1 Å². The van der Waals surface area contributed by atoms with Gasteiger partial charge in [0.05, 0.1) is 13.2 Å². The summed E-state index contributed by atoms with van der Waals surface area (Å²) in [7, 11) is 1.66. The first-order chi connectivity index (χ1) is 12.2. The van der Waals surface area contributed by atoms with E-state index in [9.17, 15) is 4.79 Å². The molecular weight excluding hydrogens is 320 g/mol. The lowest BCUT2D eigenvalue weighted by atomic mass is 10.1. The van der Waals surface area contributed by atoms with Crippen molar-refractivity contribution in [3.63, 3.8) is 0 Å². The van der Waals surface area contributed by atoms with Crippen molar-refractivity contribution in [2.45, 2.75) is 25.8 Å². The van der Waals surface area contributed by atoms with E-state index in [0.717, 1.165) is 24.4 Å². The molecule has 25 heavy (non-hydrogen) atoms. The van der Waals surface area contributed by atoms with Crippen molar-refractivity contribution in [2.75, 3.05) is 32.1 Å². The van der Waals surface area contributed by atoms with E-state index in [0.29, 0.717) is 18.1 Å². The van der Waals surface area contributed by atoms with Crippen LogP contribution in [0.4, 0.5) is 10.6 Å². The normalized spacial score (nSPS) is 15.8. The van der Waals surface area contributed by atoms with Crippen LogP contribution in [0.5, 0.6) is 5.75 Å². The molecule has 1 aliphatic heterocycles. The van der Waals surface area contributed by atoms with Crippen molar-refractivity contribution in [1.82, 2.24) is 15.4 Å². The quantitative estimate of drug-likeness (QED) is 0.842. The maximum atomic E-state index is 12.1. The average molecular weight is 344 g/mol. The van der Waals surface area contributed by atoms with E-state index in [1.54, 1.807) is 20.1 Å². The zero-order chi connectivity index (χ0) is 17.6. The number of methoxy groups -OCH3 is 1. The van der Waals surface area contributed by atoms with E-state index in [2.05, 4.69) is 26.8 Å². The summed E-state index contributed by atoms with van der Waals surface area (Å²) in [6.07, 6.45) is 2.37. The summed E-state index contributed by atoms with van der Waals surface area (Å²) in [5, 5.41) is 9.39. The number of aromatic nitrogens is 1. The number of urea groups is 1. The van der Waals surface area contributed by atoms with Gasteiger partial charge in [-0.15, -0.1) is 0 Å². The van der Waals surface area contributed by atoms with Crippen LogP contribution < -0.4 is 15.4 Å². The zero-order valence-corrected chi connectivity index (χ0v) is 14.6. The number of nitrogens with zero attached hydrogens (tertiary/aromatic N) is 2. The first kappa shape index (κ1) is 17.3. The van der Waals surface area contributed by atoms with Gasteiger partial charge in [0.1, 0.15) is 11.5 Å². The Morgan fingerprint density at radius 2 is 2.16 bits per heavy atom. The number of carbonyl (C=O) groups excluding carboxylic acids is 1. The van der Waals surface area contributed by atoms with Gasteiger partial charge in [-0.05, 0) is 50.6 Å². The third-order valence-corrected chi connectivity index (χ3v) is 4.39. The fourth-order valence-electron chi connectivity index (χ4n) is 3.14. The lowest BCUT2D eigenvalue weighted by Gasteiger charge is -2.28. The van der Waals surface area contributed by atoms with E-state index in [-0.39, 0.29) is 12.1 Å². The Labute approximate surface area is 147 Å². The van der Waals surface area contributed by atoms with Gasteiger partial charge in [0.2, 0.25) is 0 Å². The van der Waals surface area contributed by atoms with Crippen LogP contribution in [-0.2, 0) is 0 Å². The molecule has 134 valence electrons. The maximum Gasteiger partial charge on any atom is 0.320 e. The minimum atomic E-state index is -0.291.